The van der Waals surface area contributed by atoms with E-state index in [9.17, 15) is 9.59 Å². The Morgan fingerprint density at radius 2 is 1.90 bits per heavy atom. The minimum atomic E-state index is -0.595. The molecule has 110 valence electrons. The van der Waals surface area contributed by atoms with Gasteiger partial charge in [0.2, 0.25) is 0 Å². The van der Waals surface area contributed by atoms with Crippen molar-refractivity contribution in [3.8, 4) is 0 Å². The maximum atomic E-state index is 11.9. The predicted octanol–water partition coefficient (Wildman–Crippen LogP) is 3.07. The number of aryl methyl sites for hydroxylation is 1. The molecule has 0 unspecified atom stereocenters. The van der Waals surface area contributed by atoms with Crippen molar-refractivity contribution in [3.63, 3.8) is 0 Å². The fourth-order valence-corrected chi connectivity index (χ4v) is 1.99. The van der Waals surface area contributed by atoms with Gasteiger partial charge >= 0.3 is 5.97 Å². The van der Waals surface area contributed by atoms with Gasteiger partial charge in [0.05, 0.1) is 0 Å². The molecule has 2 rings (SSSR count). The lowest BCUT2D eigenvalue weighted by atomic mass is 10.1. The zero-order valence-corrected chi connectivity index (χ0v) is 12.1. The molecule has 0 fully saturated rings. The summed E-state index contributed by atoms with van der Waals surface area (Å²) in [6.07, 6.45) is 2.88. The summed E-state index contributed by atoms with van der Waals surface area (Å²) in [4.78, 5) is 26.6. The van der Waals surface area contributed by atoms with Gasteiger partial charge in [-0.3, -0.25) is 4.79 Å². The Kier molecular flexibility index (Phi) is 5.32. The van der Waals surface area contributed by atoms with Crippen molar-refractivity contribution in [2.75, 3.05) is 0 Å². The number of hydrogen-bond donors (Lipinski definition) is 1. The van der Waals surface area contributed by atoms with E-state index in [2.05, 4.69) is 11.9 Å². The molecule has 0 spiro atoms. The van der Waals surface area contributed by atoms with Gasteiger partial charge in [0.15, 0.2) is 0 Å². The van der Waals surface area contributed by atoms with E-state index < -0.39 is 5.97 Å². The van der Waals surface area contributed by atoms with Gasteiger partial charge in [0, 0.05) is 5.69 Å². The first-order chi connectivity index (χ1) is 10.2. The Bertz CT molecular complexity index is 647. The molecule has 0 radical (unpaired) electrons. The third kappa shape index (κ3) is 4.31. The van der Waals surface area contributed by atoms with Crippen molar-refractivity contribution in [2.45, 2.75) is 32.8 Å². The summed E-state index contributed by atoms with van der Waals surface area (Å²) in [7, 11) is 0. The summed E-state index contributed by atoms with van der Waals surface area (Å²) in [5, 5.41) is 0. The highest BCUT2D eigenvalue weighted by atomic mass is 16.5. The van der Waals surface area contributed by atoms with Crippen molar-refractivity contribution >= 4 is 5.97 Å². The average molecular weight is 285 g/mol. The maximum Gasteiger partial charge on any atom is 0.344 e. The highest BCUT2D eigenvalue weighted by Gasteiger charge is 2.12. The smallest absolute Gasteiger partial charge is 0.344 e. The third-order valence-corrected chi connectivity index (χ3v) is 3.20. The second kappa shape index (κ2) is 7.43. The number of hydrogen-bond acceptors (Lipinski definition) is 3. The van der Waals surface area contributed by atoms with Crippen LogP contribution >= 0.6 is 0 Å². The number of ether oxygens (including phenoxy) is 1. The van der Waals surface area contributed by atoms with E-state index in [1.54, 1.807) is 6.07 Å². The van der Waals surface area contributed by atoms with E-state index in [0.717, 1.165) is 30.5 Å². The molecule has 1 heterocycles. The number of rotatable bonds is 6. The van der Waals surface area contributed by atoms with Crippen molar-refractivity contribution in [1.29, 1.82) is 0 Å². The number of carbonyl (C=O) groups is 1. The minimum Gasteiger partial charge on any atom is -0.457 e. The number of carbonyl (C=O) groups excluding carboxylic acids is 1. The fraction of sp³-hybridized carbons (Fsp3) is 0.294. The van der Waals surface area contributed by atoms with Crippen LogP contribution in [0.15, 0.2) is 47.3 Å². The fourth-order valence-electron chi connectivity index (χ4n) is 1.99. The van der Waals surface area contributed by atoms with Crippen LogP contribution in [-0.4, -0.2) is 11.0 Å². The van der Waals surface area contributed by atoms with E-state index >= 15 is 0 Å². The minimum absolute atomic E-state index is 0.0474. The van der Waals surface area contributed by atoms with Crippen molar-refractivity contribution in [3.05, 3.63) is 69.6 Å². The summed E-state index contributed by atoms with van der Waals surface area (Å²) in [5.41, 5.74) is 1.40. The molecule has 0 saturated heterocycles. The van der Waals surface area contributed by atoms with Crippen LogP contribution in [0.25, 0.3) is 0 Å². The summed E-state index contributed by atoms with van der Waals surface area (Å²) in [5.74, 6) is -0.595. The molecule has 0 saturated carbocycles. The van der Waals surface area contributed by atoms with Crippen LogP contribution in [0, 0.1) is 0 Å². The number of aromatic nitrogens is 1. The lowest BCUT2D eigenvalue weighted by Gasteiger charge is -2.05. The summed E-state index contributed by atoms with van der Waals surface area (Å²) < 4.78 is 5.16. The number of unbranched alkanes of at least 4 members (excludes halogenated alkanes) is 1. The van der Waals surface area contributed by atoms with Gasteiger partial charge in [-0.1, -0.05) is 43.7 Å². The predicted molar refractivity (Wildman–Crippen MR) is 81.2 cm³/mol. The van der Waals surface area contributed by atoms with Crippen LogP contribution in [0.4, 0.5) is 0 Å². The zero-order chi connectivity index (χ0) is 15.1. The van der Waals surface area contributed by atoms with Crippen molar-refractivity contribution < 1.29 is 9.53 Å². The molecule has 21 heavy (non-hydrogen) atoms. The lowest BCUT2D eigenvalue weighted by Crippen LogP contribution is -2.20. The van der Waals surface area contributed by atoms with Gasteiger partial charge in [-0.05, 0) is 30.5 Å². The van der Waals surface area contributed by atoms with Crippen LogP contribution in [0.1, 0.15) is 41.4 Å². The molecule has 0 aliphatic heterocycles. The molecule has 1 aromatic carbocycles. The summed E-state index contributed by atoms with van der Waals surface area (Å²) >= 11 is 0. The molecule has 0 aliphatic rings. The zero-order valence-electron chi connectivity index (χ0n) is 12.1. The van der Waals surface area contributed by atoms with E-state index in [1.165, 1.54) is 6.07 Å². The molecule has 2 aromatic rings. The summed E-state index contributed by atoms with van der Waals surface area (Å²) in [6.45, 7) is 2.25. The number of aromatic amines is 1. The third-order valence-electron chi connectivity index (χ3n) is 3.20. The standard InChI is InChI=1S/C17H19NO3/c1-2-3-9-14-10-11-15(16(19)18-14)17(20)21-12-13-7-5-4-6-8-13/h4-8,10-11H,2-3,9,12H2,1H3,(H,18,19). The van der Waals surface area contributed by atoms with Gasteiger partial charge in [-0.15, -0.1) is 0 Å². The Morgan fingerprint density at radius 3 is 2.57 bits per heavy atom. The van der Waals surface area contributed by atoms with Crippen LogP contribution in [-0.2, 0) is 17.8 Å². The molecule has 4 heteroatoms. The molecular weight excluding hydrogens is 266 g/mol. The van der Waals surface area contributed by atoms with E-state index in [0.29, 0.717) is 0 Å². The van der Waals surface area contributed by atoms with Crippen molar-refractivity contribution in [2.24, 2.45) is 0 Å². The molecule has 0 aliphatic carbocycles. The second-order valence-electron chi connectivity index (χ2n) is 4.89. The molecule has 1 N–H and O–H groups in total. The normalized spacial score (nSPS) is 10.3. The molecule has 1 aromatic heterocycles. The number of esters is 1. The van der Waals surface area contributed by atoms with Gasteiger partial charge in [0.1, 0.15) is 12.2 Å². The van der Waals surface area contributed by atoms with E-state index in [4.69, 9.17) is 4.74 Å². The molecule has 4 nitrogen and oxygen atoms in total. The van der Waals surface area contributed by atoms with Gasteiger partial charge in [-0.25, -0.2) is 4.79 Å². The van der Waals surface area contributed by atoms with Gasteiger partial charge < -0.3 is 9.72 Å². The molecular formula is C17H19NO3. The van der Waals surface area contributed by atoms with Crippen LogP contribution in [0.2, 0.25) is 0 Å². The quantitative estimate of drug-likeness (QED) is 0.830. The van der Waals surface area contributed by atoms with Crippen LogP contribution in [0.3, 0.4) is 0 Å². The maximum absolute atomic E-state index is 11.9. The average Bonchev–Trinajstić information content (AvgIpc) is 2.51. The Morgan fingerprint density at radius 1 is 1.14 bits per heavy atom. The van der Waals surface area contributed by atoms with Gasteiger partial charge in [0.25, 0.3) is 5.56 Å². The Hall–Kier alpha value is -2.36. The van der Waals surface area contributed by atoms with E-state index in [-0.39, 0.29) is 17.7 Å². The molecule has 0 atom stereocenters. The lowest BCUT2D eigenvalue weighted by molar-refractivity contribution is 0.0470. The monoisotopic (exact) mass is 285 g/mol. The Balaban J connectivity index is 2.01. The van der Waals surface area contributed by atoms with Crippen LogP contribution < -0.4 is 5.56 Å². The van der Waals surface area contributed by atoms with Gasteiger partial charge in [-0.2, -0.15) is 0 Å². The number of nitrogens with one attached hydrogen (secondary N) is 1. The molecule has 0 amide bonds. The largest absolute Gasteiger partial charge is 0.457 e. The second-order valence-corrected chi connectivity index (χ2v) is 4.89. The first kappa shape index (κ1) is 15.0. The SMILES string of the molecule is CCCCc1ccc(C(=O)OCc2ccccc2)c(=O)[nH]1. The highest BCUT2D eigenvalue weighted by Crippen LogP contribution is 2.05. The number of benzene rings is 1. The van der Waals surface area contributed by atoms with E-state index in [1.807, 2.05) is 30.3 Å². The first-order valence-corrected chi connectivity index (χ1v) is 7.14. The van der Waals surface area contributed by atoms with Crippen molar-refractivity contribution in [1.82, 2.24) is 4.98 Å². The Labute approximate surface area is 123 Å². The van der Waals surface area contributed by atoms with Crippen LogP contribution in [0.5, 0.6) is 0 Å². The number of H-pyrrole nitrogens is 1. The molecule has 0 bridgehead atoms. The highest BCUT2D eigenvalue weighted by molar-refractivity contribution is 5.88. The topological polar surface area (TPSA) is 59.2 Å². The number of pyridine rings is 1. The first-order valence-electron chi connectivity index (χ1n) is 7.14. The summed E-state index contributed by atoms with van der Waals surface area (Å²) in [6, 6.07) is 12.7.